The van der Waals surface area contributed by atoms with Gasteiger partial charge in [-0.25, -0.2) is 8.78 Å². The Balaban J connectivity index is 2.49. The average Bonchev–Trinajstić information content (AvgIpc) is 2.34. The first-order valence-corrected chi connectivity index (χ1v) is 5.63. The molecule has 0 saturated heterocycles. The van der Waals surface area contributed by atoms with Crippen LogP contribution in [0.4, 0.5) is 8.78 Å². The van der Waals surface area contributed by atoms with Gasteiger partial charge in [-0.1, -0.05) is 35.9 Å². The van der Waals surface area contributed by atoms with Crippen molar-refractivity contribution in [3.8, 4) is 11.1 Å². The zero-order valence-electron chi connectivity index (χ0n) is 9.51. The van der Waals surface area contributed by atoms with Gasteiger partial charge in [0.2, 0.25) is 0 Å². The number of Topliss-reactive ketones (excluding diaryl/α,β-unsaturated/α-hetero) is 1. The number of ketones is 1. The maximum atomic E-state index is 13.2. The van der Waals surface area contributed by atoms with E-state index in [-0.39, 0.29) is 10.8 Å². The van der Waals surface area contributed by atoms with Gasteiger partial charge in [0.05, 0.1) is 5.02 Å². The molecule has 92 valence electrons. The molecule has 0 aliphatic heterocycles. The van der Waals surface area contributed by atoms with Crippen molar-refractivity contribution in [3.63, 3.8) is 0 Å². The van der Waals surface area contributed by atoms with E-state index in [1.807, 2.05) is 0 Å². The van der Waals surface area contributed by atoms with Gasteiger partial charge in [-0.05, 0) is 24.6 Å². The van der Waals surface area contributed by atoms with Crippen molar-refractivity contribution in [1.29, 1.82) is 0 Å². The third-order valence-electron chi connectivity index (χ3n) is 2.61. The Kier molecular flexibility index (Phi) is 3.43. The maximum Gasteiger partial charge on any atom is 0.160 e. The third-order valence-corrected chi connectivity index (χ3v) is 2.93. The molecule has 2 rings (SSSR count). The monoisotopic (exact) mass is 266 g/mol. The second kappa shape index (κ2) is 4.86. The van der Waals surface area contributed by atoms with Crippen molar-refractivity contribution in [2.24, 2.45) is 0 Å². The van der Waals surface area contributed by atoms with Crippen molar-refractivity contribution < 1.29 is 13.6 Å². The minimum Gasteiger partial charge on any atom is -0.295 e. The Labute approximate surface area is 108 Å². The van der Waals surface area contributed by atoms with Gasteiger partial charge in [0.15, 0.2) is 17.4 Å². The summed E-state index contributed by atoms with van der Waals surface area (Å²) in [7, 11) is 0. The van der Waals surface area contributed by atoms with E-state index in [9.17, 15) is 13.6 Å². The fraction of sp³-hybridized carbons (Fsp3) is 0.0714. The Hall–Kier alpha value is -1.74. The molecular weight excluding hydrogens is 258 g/mol. The molecular formula is C14H9ClF2O. The lowest BCUT2D eigenvalue weighted by Crippen LogP contribution is -1.92. The minimum atomic E-state index is -0.982. The first-order valence-electron chi connectivity index (χ1n) is 5.25. The molecule has 0 amide bonds. The molecule has 0 atom stereocenters. The highest BCUT2D eigenvalue weighted by Crippen LogP contribution is 2.30. The molecule has 0 radical (unpaired) electrons. The van der Waals surface area contributed by atoms with Gasteiger partial charge in [-0.2, -0.15) is 0 Å². The summed E-state index contributed by atoms with van der Waals surface area (Å²) in [6.45, 7) is 1.46. The first-order chi connectivity index (χ1) is 8.49. The summed E-state index contributed by atoms with van der Waals surface area (Å²) >= 11 is 5.86. The van der Waals surface area contributed by atoms with Crippen molar-refractivity contribution in [1.82, 2.24) is 0 Å². The Morgan fingerprint density at radius 2 is 1.61 bits per heavy atom. The smallest absolute Gasteiger partial charge is 0.160 e. The van der Waals surface area contributed by atoms with Gasteiger partial charge in [0, 0.05) is 11.1 Å². The van der Waals surface area contributed by atoms with Crippen LogP contribution < -0.4 is 0 Å². The maximum absolute atomic E-state index is 13.2. The molecule has 0 N–H and O–H groups in total. The lowest BCUT2D eigenvalue weighted by Gasteiger charge is -2.06. The summed E-state index contributed by atoms with van der Waals surface area (Å²) in [5.74, 6) is -1.99. The highest BCUT2D eigenvalue weighted by atomic mass is 35.5. The first kappa shape index (κ1) is 12.7. The van der Waals surface area contributed by atoms with Crippen molar-refractivity contribution >= 4 is 17.4 Å². The number of rotatable bonds is 2. The Morgan fingerprint density at radius 1 is 1.06 bits per heavy atom. The molecule has 4 heteroatoms. The van der Waals surface area contributed by atoms with E-state index < -0.39 is 11.6 Å². The number of carbonyl (C=O) groups is 1. The van der Waals surface area contributed by atoms with Crippen LogP contribution >= 0.6 is 11.6 Å². The zero-order chi connectivity index (χ0) is 13.3. The van der Waals surface area contributed by atoms with Crippen LogP contribution in [0.5, 0.6) is 0 Å². The van der Waals surface area contributed by atoms with Crippen LogP contribution in [0.1, 0.15) is 17.3 Å². The molecule has 0 unspecified atom stereocenters. The predicted octanol–water partition coefficient (Wildman–Crippen LogP) is 4.49. The van der Waals surface area contributed by atoms with Gasteiger partial charge in [-0.15, -0.1) is 0 Å². The predicted molar refractivity (Wildman–Crippen MR) is 66.8 cm³/mol. The van der Waals surface area contributed by atoms with Crippen molar-refractivity contribution in [2.45, 2.75) is 6.92 Å². The van der Waals surface area contributed by atoms with E-state index in [4.69, 9.17) is 11.6 Å². The number of hydrogen-bond donors (Lipinski definition) is 0. The van der Waals surface area contributed by atoms with Crippen LogP contribution in [-0.2, 0) is 0 Å². The largest absolute Gasteiger partial charge is 0.295 e. The Morgan fingerprint density at radius 3 is 2.17 bits per heavy atom. The van der Waals surface area contributed by atoms with Crippen LogP contribution in [-0.4, -0.2) is 5.78 Å². The molecule has 1 nitrogen and oxygen atoms in total. The molecule has 0 aliphatic rings. The van der Waals surface area contributed by atoms with Gasteiger partial charge < -0.3 is 0 Å². The molecule has 2 aromatic carbocycles. The van der Waals surface area contributed by atoms with Crippen LogP contribution in [0.15, 0.2) is 36.4 Å². The normalized spacial score (nSPS) is 10.4. The van der Waals surface area contributed by atoms with E-state index in [0.717, 1.165) is 12.1 Å². The third kappa shape index (κ3) is 2.41. The van der Waals surface area contributed by atoms with Crippen LogP contribution in [0.2, 0.25) is 5.02 Å². The van der Waals surface area contributed by atoms with Crippen LogP contribution in [0.3, 0.4) is 0 Å². The molecule has 0 heterocycles. The second-order valence-electron chi connectivity index (χ2n) is 3.88. The molecule has 0 aliphatic carbocycles. The Bertz CT molecular complexity index is 606. The average molecular weight is 267 g/mol. The number of carbonyl (C=O) groups excluding carboxylic acids is 1. The summed E-state index contributed by atoms with van der Waals surface area (Å²) in [4.78, 5) is 11.1. The lowest BCUT2D eigenvalue weighted by atomic mass is 10.0. The molecule has 0 spiro atoms. The zero-order valence-corrected chi connectivity index (χ0v) is 10.3. The van der Waals surface area contributed by atoms with E-state index in [1.54, 1.807) is 24.3 Å². The highest BCUT2D eigenvalue weighted by molar-refractivity contribution is 6.33. The van der Waals surface area contributed by atoms with Gasteiger partial charge in [-0.3, -0.25) is 4.79 Å². The van der Waals surface area contributed by atoms with E-state index in [2.05, 4.69) is 0 Å². The second-order valence-corrected chi connectivity index (χ2v) is 4.29. The quantitative estimate of drug-likeness (QED) is 0.578. The molecule has 0 saturated carbocycles. The molecule has 2 aromatic rings. The molecule has 0 aromatic heterocycles. The van der Waals surface area contributed by atoms with E-state index in [0.29, 0.717) is 16.7 Å². The topological polar surface area (TPSA) is 17.1 Å². The van der Waals surface area contributed by atoms with E-state index in [1.165, 1.54) is 6.92 Å². The summed E-state index contributed by atoms with van der Waals surface area (Å²) in [5.41, 5.74) is 1.58. The SMILES string of the molecule is CC(=O)c1ccc(-c2cc(F)c(F)cc2Cl)cc1. The summed E-state index contributed by atoms with van der Waals surface area (Å²) in [6, 6.07) is 8.51. The molecule has 0 bridgehead atoms. The lowest BCUT2D eigenvalue weighted by molar-refractivity contribution is 0.101. The van der Waals surface area contributed by atoms with Crippen LogP contribution in [0.25, 0.3) is 11.1 Å². The molecule has 18 heavy (non-hydrogen) atoms. The number of hydrogen-bond acceptors (Lipinski definition) is 1. The number of benzene rings is 2. The van der Waals surface area contributed by atoms with Crippen LogP contribution in [0, 0.1) is 11.6 Å². The van der Waals surface area contributed by atoms with Crippen molar-refractivity contribution in [2.75, 3.05) is 0 Å². The standard InChI is InChI=1S/C14H9ClF2O/c1-8(18)9-2-4-10(5-3-9)11-6-13(16)14(17)7-12(11)15/h2-7H,1H3. The summed E-state index contributed by atoms with van der Waals surface area (Å²) in [5, 5.41) is 0.129. The summed E-state index contributed by atoms with van der Waals surface area (Å²) < 4.78 is 26.1. The fourth-order valence-electron chi connectivity index (χ4n) is 1.63. The summed E-state index contributed by atoms with van der Waals surface area (Å²) in [6.07, 6.45) is 0. The van der Waals surface area contributed by atoms with Gasteiger partial charge in [0.1, 0.15) is 0 Å². The van der Waals surface area contributed by atoms with Crippen molar-refractivity contribution in [3.05, 3.63) is 58.6 Å². The van der Waals surface area contributed by atoms with E-state index >= 15 is 0 Å². The molecule has 0 fully saturated rings. The fourth-order valence-corrected chi connectivity index (χ4v) is 1.89. The number of halogens is 3. The van der Waals surface area contributed by atoms with Gasteiger partial charge >= 0.3 is 0 Å². The highest BCUT2D eigenvalue weighted by Gasteiger charge is 2.10. The minimum absolute atomic E-state index is 0.0575. The van der Waals surface area contributed by atoms with Gasteiger partial charge in [0.25, 0.3) is 0 Å².